The van der Waals surface area contributed by atoms with E-state index >= 15 is 0 Å². The summed E-state index contributed by atoms with van der Waals surface area (Å²) in [5, 5.41) is 0.613. The van der Waals surface area contributed by atoms with E-state index < -0.39 is 0 Å². The van der Waals surface area contributed by atoms with Crippen molar-refractivity contribution in [1.29, 1.82) is 0 Å². The Hall–Kier alpha value is -1.00. The maximum atomic E-state index is 5.73. The molecule has 70 valence electrons. The smallest absolute Gasteiger partial charge is 0.117 e. The molecule has 0 amide bonds. The highest BCUT2D eigenvalue weighted by atomic mass is 79.9. The minimum atomic E-state index is 0.613. The third-order valence-electron chi connectivity index (χ3n) is 1.62. The molecule has 0 aromatic carbocycles. The van der Waals surface area contributed by atoms with Gasteiger partial charge in [0.25, 0.3) is 0 Å². The fraction of sp³-hybridized carbons (Fsp3) is 0. The molecule has 14 heavy (non-hydrogen) atoms. The number of halogens is 2. The first-order chi connectivity index (χ1) is 6.75. The molecule has 5 heteroatoms. The lowest BCUT2D eigenvalue weighted by Gasteiger charge is -1.99. The lowest BCUT2D eigenvalue weighted by atomic mass is 10.3. The zero-order valence-electron chi connectivity index (χ0n) is 6.98. The average molecular weight is 271 g/mol. The summed E-state index contributed by atoms with van der Waals surface area (Å²) >= 11 is 8.99. The summed E-state index contributed by atoms with van der Waals surface area (Å²) in [5.41, 5.74) is 1.54. The first-order valence-corrected chi connectivity index (χ1v) is 5.02. The van der Waals surface area contributed by atoms with Crippen molar-refractivity contribution < 1.29 is 0 Å². The van der Waals surface area contributed by atoms with Gasteiger partial charge < -0.3 is 0 Å². The Bertz CT molecular complexity index is 444. The standard InChI is InChI=1S/C9H5BrClN3/c10-9-3-8(13-5-14-9)7-2-1-6(11)4-12-7/h1-5H. The molecule has 0 aliphatic rings. The number of aromatic nitrogens is 3. The van der Waals surface area contributed by atoms with Crippen molar-refractivity contribution in [3.63, 3.8) is 0 Å². The first-order valence-electron chi connectivity index (χ1n) is 3.85. The van der Waals surface area contributed by atoms with Crippen LogP contribution in [-0.2, 0) is 0 Å². The van der Waals surface area contributed by atoms with Crippen LogP contribution < -0.4 is 0 Å². The fourth-order valence-electron chi connectivity index (χ4n) is 1.00. The number of hydrogen-bond donors (Lipinski definition) is 0. The van der Waals surface area contributed by atoms with E-state index in [1.165, 1.54) is 6.33 Å². The van der Waals surface area contributed by atoms with Crippen molar-refractivity contribution in [3.8, 4) is 11.4 Å². The second-order valence-corrected chi connectivity index (χ2v) is 3.84. The molecule has 0 aliphatic carbocycles. The Morgan fingerprint density at radius 1 is 1.07 bits per heavy atom. The number of pyridine rings is 1. The van der Waals surface area contributed by atoms with Gasteiger partial charge in [-0.15, -0.1) is 0 Å². The second-order valence-electron chi connectivity index (χ2n) is 2.59. The van der Waals surface area contributed by atoms with Gasteiger partial charge in [-0.05, 0) is 34.1 Å². The molecule has 2 heterocycles. The first kappa shape index (κ1) is 9.55. The molecule has 2 aromatic rings. The van der Waals surface area contributed by atoms with Gasteiger partial charge in [0.2, 0.25) is 0 Å². The van der Waals surface area contributed by atoms with E-state index in [4.69, 9.17) is 11.6 Å². The Morgan fingerprint density at radius 3 is 2.57 bits per heavy atom. The lowest BCUT2D eigenvalue weighted by molar-refractivity contribution is 1.13. The summed E-state index contributed by atoms with van der Waals surface area (Å²) in [6, 6.07) is 5.40. The fourth-order valence-corrected chi connectivity index (χ4v) is 1.42. The topological polar surface area (TPSA) is 38.7 Å². The molecule has 2 aromatic heterocycles. The van der Waals surface area contributed by atoms with Crippen molar-refractivity contribution in [2.75, 3.05) is 0 Å². The van der Waals surface area contributed by atoms with Crippen LogP contribution in [0.1, 0.15) is 0 Å². The Morgan fingerprint density at radius 2 is 1.93 bits per heavy atom. The average Bonchev–Trinajstić information content (AvgIpc) is 2.19. The Kier molecular flexibility index (Phi) is 2.74. The molecule has 3 nitrogen and oxygen atoms in total. The van der Waals surface area contributed by atoms with Gasteiger partial charge in [-0.25, -0.2) is 9.97 Å². The molecule has 0 fully saturated rings. The number of nitrogens with zero attached hydrogens (tertiary/aromatic N) is 3. The van der Waals surface area contributed by atoms with Crippen molar-refractivity contribution in [2.24, 2.45) is 0 Å². The minimum Gasteiger partial charge on any atom is -0.253 e. The second kappa shape index (κ2) is 4.02. The Balaban J connectivity index is 2.44. The number of hydrogen-bond acceptors (Lipinski definition) is 3. The molecule has 0 radical (unpaired) electrons. The molecule has 0 saturated carbocycles. The largest absolute Gasteiger partial charge is 0.253 e. The van der Waals surface area contributed by atoms with Crippen LogP contribution in [0.2, 0.25) is 5.02 Å². The van der Waals surface area contributed by atoms with Gasteiger partial charge >= 0.3 is 0 Å². The summed E-state index contributed by atoms with van der Waals surface area (Å²) in [6.07, 6.45) is 3.07. The highest BCUT2D eigenvalue weighted by Crippen LogP contribution is 2.18. The quantitative estimate of drug-likeness (QED) is 0.748. The molecule has 2 rings (SSSR count). The van der Waals surface area contributed by atoms with Crippen molar-refractivity contribution in [3.05, 3.63) is 40.3 Å². The highest BCUT2D eigenvalue weighted by Gasteiger charge is 2.01. The van der Waals surface area contributed by atoms with E-state index in [9.17, 15) is 0 Å². The van der Waals surface area contributed by atoms with Gasteiger partial charge in [-0.1, -0.05) is 11.6 Å². The van der Waals surface area contributed by atoms with E-state index in [1.807, 2.05) is 6.07 Å². The van der Waals surface area contributed by atoms with Crippen LogP contribution in [0.15, 0.2) is 35.3 Å². The van der Waals surface area contributed by atoms with Crippen molar-refractivity contribution >= 4 is 27.5 Å². The van der Waals surface area contributed by atoms with Crippen LogP contribution in [0.5, 0.6) is 0 Å². The van der Waals surface area contributed by atoms with E-state index in [0.717, 1.165) is 16.0 Å². The molecular weight excluding hydrogens is 265 g/mol. The summed E-state index contributed by atoms with van der Waals surface area (Å²) < 4.78 is 0.735. The van der Waals surface area contributed by atoms with Gasteiger partial charge in [0.15, 0.2) is 0 Å². The van der Waals surface area contributed by atoms with Crippen LogP contribution in [0.4, 0.5) is 0 Å². The zero-order valence-corrected chi connectivity index (χ0v) is 9.33. The highest BCUT2D eigenvalue weighted by molar-refractivity contribution is 9.10. The van der Waals surface area contributed by atoms with Crippen LogP contribution >= 0.6 is 27.5 Å². The lowest BCUT2D eigenvalue weighted by Crippen LogP contribution is -1.88. The van der Waals surface area contributed by atoms with Crippen LogP contribution in [0.25, 0.3) is 11.4 Å². The molecule has 0 spiro atoms. The minimum absolute atomic E-state index is 0.613. The SMILES string of the molecule is Clc1ccc(-c2cc(Br)ncn2)nc1. The molecule has 0 unspecified atom stereocenters. The van der Waals surface area contributed by atoms with Gasteiger partial charge in [-0.3, -0.25) is 4.98 Å². The van der Waals surface area contributed by atoms with E-state index in [2.05, 4.69) is 30.9 Å². The normalized spacial score (nSPS) is 10.1. The third-order valence-corrected chi connectivity index (χ3v) is 2.28. The zero-order chi connectivity index (χ0) is 9.97. The maximum absolute atomic E-state index is 5.73. The van der Waals surface area contributed by atoms with Gasteiger partial charge in [0, 0.05) is 6.20 Å². The summed E-state index contributed by atoms with van der Waals surface area (Å²) in [6.45, 7) is 0. The molecule has 0 atom stereocenters. The third kappa shape index (κ3) is 2.08. The summed E-state index contributed by atoms with van der Waals surface area (Å²) in [4.78, 5) is 12.2. The predicted molar refractivity (Wildman–Crippen MR) is 58.0 cm³/mol. The van der Waals surface area contributed by atoms with Crippen LogP contribution in [-0.4, -0.2) is 15.0 Å². The predicted octanol–water partition coefficient (Wildman–Crippen LogP) is 2.95. The van der Waals surface area contributed by atoms with E-state index in [0.29, 0.717) is 5.02 Å². The molecule has 0 bridgehead atoms. The molecule has 0 N–H and O–H groups in total. The summed E-state index contributed by atoms with van der Waals surface area (Å²) in [7, 11) is 0. The summed E-state index contributed by atoms with van der Waals surface area (Å²) in [5.74, 6) is 0. The monoisotopic (exact) mass is 269 g/mol. The van der Waals surface area contributed by atoms with Gasteiger partial charge in [0.1, 0.15) is 10.9 Å². The van der Waals surface area contributed by atoms with Gasteiger partial charge in [0.05, 0.1) is 16.4 Å². The van der Waals surface area contributed by atoms with E-state index in [-0.39, 0.29) is 0 Å². The molecule has 0 aliphatic heterocycles. The molecule has 0 saturated heterocycles. The number of rotatable bonds is 1. The van der Waals surface area contributed by atoms with Crippen LogP contribution in [0.3, 0.4) is 0 Å². The van der Waals surface area contributed by atoms with Crippen molar-refractivity contribution in [1.82, 2.24) is 15.0 Å². The van der Waals surface area contributed by atoms with E-state index in [1.54, 1.807) is 18.3 Å². The van der Waals surface area contributed by atoms with Crippen LogP contribution in [0, 0.1) is 0 Å². The van der Waals surface area contributed by atoms with Crippen molar-refractivity contribution in [2.45, 2.75) is 0 Å². The Labute approximate surface area is 94.3 Å². The van der Waals surface area contributed by atoms with Gasteiger partial charge in [-0.2, -0.15) is 0 Å². The molecular formula is C9H5BrClN3. The maximum Gasteiger partial charge on any atom is 0.117 e.